The van der Waals surface area contributed by atoms with Gasteiger partial charge in [0.2, 0.25) is 5.91 Å². The van der Waals surface area contributed by atoms with E-state index in [1.807, 2.05) is 24.3 Å². The predicted octanol–water partition coefficient (Wildman–Crippen LogP) is 3.03. The van der Waals surface area contributed by atoms with Crippen LogP contribution < -0.4 is 5.73 Å². The Bertz CT molecular complexity index is 713. The van der Waals surface area contributed by atoms with Gasteiger partial charge in [-0.1, -0.05) is 29.8 Å². The molecule has 1 saturated heterocycles. The number of piperidine rings is 1. The molecular weight excluding hydrogens is 308 g/mol. The SMILES string of the molecule is NC(=O)C1CCCCN1C(=O)c1sc2ccccc2c1Cl. The smallest absolute Gasteiger partial charge is 0.266 e. The molecule has 1 aromatic heterocycles. The first-order valence-electron chi connectivity index (χ1n) is 6.87. The van der Waals surface area contributed by atoms with Gasteiger partial charge in [0.15, 0.2) is 0 Å². The van der Waals surface area contributed by atoms with E-state index in [4.69, 9.17) is 17.3 Å². The summed E-state index contributed by atoms with van der Waals surface area (Å²) in [6.07, 6.45) is 2.43. The molecule has 0 bridgehead atoms. The number of carbonyl (C=O) groups excluding carboxylic acids is 2. The summed E-state index contributed by atoms with van der Waals surface area (Å²) in [6, 6.07) is 7.11. The van der Waals surface area contributed by atoms with Crippen molar-refractivity contribution in [3.05, 3.63) is 34.2 Å². The zero-order chi connectivity index (χ0) is 15.0. The maximum Gasteiger partial charge on any atom is 0.266 e. The van der Waals surface area contributed by atoms with Crippen LogP contribution in [0, 0.1) is 0 Å². The number of halogens is 1. The van der Waals surface area contributed by atoms with Crippen LogP contribution >= 0.6 is 22.9 Å². The number of nitrogens with two attached hydrogens (primary N) is 1. The first-order chi connectivity index (χ1) is 10.1. The zero-order valence-electron chi connectivity index (χ0n) is 11.3. The fourth-order valence-electron chi connectivity index (χ4n) is 2.75. The number of likely N-dealkylation sites (tertiary alicyclic amines) is 1. The minimum atomic E-state index is -0.521. The molecule has 0 aliphatic carbocycles. The number of hydrogen-bond donors (Lipinski definition) is 1. The maximum absolute atomic E-state index is 12.7. The van der Waals surface area contributed by atoms with Crippen molar-refractivity contribution in [2.75, 3.05) is 6.54 Å². The Morgan fingerprint density at radius 1 is 1.29 bits per heavy atom. The summed E-state index contributed by atoms with van der Waals surface area (Å²) < 4.78 is 0.971. The molecular formula is C15H15ClN2O2S. The van der Waals surface area contributed by atoms with Crippen molar-refractivity contribution in [2.45, 2.75) is 25.3 Å². The van der Waals surface area contributed by atoms with Crippen LogP contribution in [-0.2, 0) is 4.79 Å². The van der Waals surface area contributed by atoms with Crippen LogP contribution in [0.3, 0.4) is 0 Å². The quantitative estimate of drug-likeness (QED) is 0.923. The van der Waals surface area contributed by atoms with Gasteiger partial charge in [-0.25, -0.2) is 0 Å². The van der Waals surface area contributed by atoms with Crippen molar-refractivity contribution in [3.63, 3.8) is 0 Å². The second-order valence-corrected chi connectivity index (χ2v) is 6.58. The number of thiophene rings is 1. The molecule has 1 unspecified atom stereocenters. The Balaban J connectivity index is 1.99. The van der Waals surface area contributed by atoms with Crippen LogP contribution in [-0.4, -0.2) is 29.3 Å². The number of nitrogens with zero attached hydrogens (tertiary/aromatic N) is 1. The molecule has 2 amide bonds. The van der Waals surface area contributed by atoms with Gasteiger partial charge in [0.1, 0.15) is 10.9 Å². The fraction of sp³-hybridized carbons (Fsp3) is 0.333. The van der Waals surface area contributed by atoms with Crippen LogP contribution in [0.5, 0.6) is 0 Å². The number of rotatable bonds is 2. The second-order valence-electron chi connectivity index (χ2n) is 5.15. The lowest BCUT2D eigenvalue weighted by Crippen LogP contribution is -2.50. The molecule has 1 aliphatic rings. The summed E-state index contributed by atoms with van der Waals surface area (Å²) in [6.45, 7) is 0.553. The van der Waals surface area contributed by atoms with E-state index in [1.54, 1.807) is 4.90 Å². The number of hydrogen-bond acceptors (Lipinski definition) is 3. The molecule has 6 heteroatoms. The molecule has 2 heterocycles. The summed E-state index contributed by atoms with van der Waals surface area (Å²) in [4.78, 5) is 26.4. The van der Waals surface area contributed by atoms with Crippen molar-refractivity contribution in [2.24, 2.45) is 5.73 Å². The Hall–Kier alpha value is -1.59. The highest BCUT2D eigenvalue weighted by atomic mass is 35.5. The van der Waals surface area contributed by atoms with Gasteiger partial charge in [0.05, 0.1) is 5.02 Å². The summed E-state index contributed by atoms with van der Waals surface area (Å²) in [5, 5.41) is 1.34. The monoisotopic (exact) mass is 322 g/mol. The van der Waals surface area contributed by atoms with Gasteiger partial charge in [-0.2, -0.15) is 0 Å². The molecule has 1 aliphatic heterocycles. The fourth-order valence-corrected chi connectivity index (χ4v) is 4.22. The number of fused-ring (bicyclic) bond motifs is 1. The van der Waals surface area contributed by atoms with Gasteiger partial charge in [0.25, 0.3) is 5.91 Å². The molecule has 1 aromatic carbocycles. The standard InChI is InChI=1S/C15H15ClN2O2S/c16-12-9-5-1-2-7-11(9)21-13(12)15(20)18-8-4-3-6-10(18)14(17)19/h1-2,5,7,10H,3-4,6,8H2,(H2,17,19). The number of amides is 2. The highest BCUT2D eigenvalue weighted by Crippen LogP contribution is 2.36. The molecule has 21 heavy (non-hydrogen) atoms. The van der Waals surface area contributed by atoms with Gasteiger partial charge in [-0.3, -0.25) is 9.59 Å². The van der Waals surface area contributed by atoms with Gasteiger partial charge >= 0.3 is 0 Å². The van der Waals surface area contributed by atoms with Crippen LogP contribution in [0.4, 0.5) is 0 Å². The molecule has 0 saturated carbocycles. The first-order valence-corrected chi connectivity index (χ1v) is 8.06. The molecule has 1 fully saturated rings. The predicted molar refractivity (Wildman–Crippen MR) is 84.7 cm³/mol. The molecule has 3 rings (SSSR count). The van der Waals surface area contributed by atoms with Crippen LogP contribution in [0.2, 0.25) is 5.02 Å². The van der Waals surface area contributed by atoms with Crippen molar-refractivity contribution in [1.82, 2.24) is 4.90 Å². The van der Waals surface area contributed by atoms with E-state index in [0.717, 1.165) is 22.9 Å². The third-order valence-electron chi connectivity index (χ3n) is 3.82. The minimum Gasteiger partial charge on any atom is -0.368 e. The summed E-state index contributed by atoms with van der Waals surface area (Å²) in [7, 11) is 0. The topological polar surface area (TPSA) is 63.4 Å². The van der Waals surface area contributed by atoms with Crippen molar-refractivity contribution < 1.29 is 9.59 Å². The van der Waals surface area contributed by atoms with Gasteiger partial charge in [0, 0.05) is 16.6 Å². The second kappa shape index (κ2) is 5.66. The van der Waals surface area contributed by atoms with E-state index in [0.29, 0.717) is 22.9 Å². The lowest BCUT2D eigenvalue weighted by Gasteiger charge is -2.33. The average molecular weight is 323 g/mol. The van der Waals surface area contributed by atoms with Crippen molar-refractivity contribution in [1.29, 1.82) is 0 Å². The van der Waals surface area contributed by atoms with E-state index in [2.05, 4.69) is 0 Å². The molecule has 0 spiro atoms. The van der Waals surface area contributed by atoms with Crippen LogP contribution in [0.25, 0.3) is 10.1 Å². The lowest BCUT2D eigenvalue weighted by molar-refractivity contribution is -0.123. The van der Waals surface area contributed by atoms with E-state index in [9.17, 15) is 9.59 Å². The number of primary amides is 1. The van der Waals surface area contributed by atoms with Crippen LogP contribution in [0.1, 0.15) is 28.9 Å². The molecule has 4 nitrogen and oxygen atoms in total. The Morgan fingerprint density at radius 3 is 2.76 bits per heavy atom. The largest absolute Gasteiger partial charge is 0.368 e. The van der Waals surface area contributed by atoms with Gasteiger partial charge < -0.3 is 10.6 Å². The van der Waals surface area contributed by atoms with Crippen molar-refractivity contribution >= 4 is 44.8 Å². The van der Waals surface area contributed by atoms with E-state index in [1.165, 1.54) is 11.3 Å². The molecule has 110 valence electrons. The van der Waals surface area contributed by atoms with E-state index < -0.39 is 11.9 Å². The third kappa shape index (κ3) is 2.51. The molecule has 0 radical (unpaired) electrons. The molecule has 2 N–H and O–H groups in total. The zero-order valence-corrected chi connectivity index (χ0v) is 12.9. The average Bonchev–Trinajstić information content (AvgIpc) is 2.84. The Labute approximate surface area is 131 Å². The third-order valence-corrected chi connectivity index (χ3v) is 5.48. The molecule has 1 atom stereocenters. The minimum absolute atomic E-state index is 0.190. The number of benzene rings is 1. The summed E-state index contributed by atoms with van der Waals surface area (Å²) in [5.41, 5.74) is 5.42. The maximum atomic E-state index is 12.7. The Morgan fingerprint density at radius 2 is 2.05 bits per heavy atom. The van der Waals surface area contributed by atoms with Crippen LogP contribution in [0.15, 0.2) is 24.3 Å². The highest BCUT2D eigenvalue weighted by Gasteiger charge is 2.33. The number of carbonyl (C=O) groups is 2. The molecule has 2 aromatic rings. The lowest BCUT2D eigenvalue weighted by atomic mass is 10.0. The van der Waals surface area contributed by atoms with E-state index in [-0.39, 0.29) is 5.91 Å². The van der Waals surface area contributed by atoms with Gasteiger partial charge in [-0.05, 0) is 25.3 Å². The van der Waals surface area contributed by atoms with E-state index >= 15 is 0 Å². The summed E-state index contributed by atoms with van der Waals surface area (Å²) >= 11 is 7.71. The summed E-state index contributed by atoms with van der Waals surface area (Å²) in [5.74, 6) is -0.634. The Kier molecular flexibility index (Phi) is 3.87. The van der Waals surface area contributed by atoms with Gasteiger partial charge in [-0.15, -0.1) is 11.3 Å². The normalized spacial score (nSPS) is 18.9. The van der Waals surface area contributed by atoms with Crippen molar-refractivity contribution in [3.8, 4) is 0 Å². The highest BCUT2D eigenvalue weighted by molar-refractivity contribution is 7.21. The first kappa shape index (κ1) is 14.4.